The normalized spacial score (nSPS) is 28.0. The molecule has 2 aliphatic heterocycles. The van der Waals surface area contributed by atoms with Gasteiger partial charge in [-0.05, 0) is 35.9 Å². The summed E-state index contributed by atoms with van der Waals surface area (Å²) in [6, 6.07) is 0.187. The topological polar surface area (TPSA) is 58.6 Å². The molecule has 1 aromatic rings. The zero-order chi connectivity index (χ0) is 11.8. The van der Waals surface area contributed by atoms with Gasteiger partial charge in [-0.1, -0.05) is 0 Å². The summed E-state index contributed by atoms with van der Waals surface area (Å²) < 4.78 is 5.43. The highest BCUT2D eigenvalue weighted by Gasteiger charge is 2.30. The third-order valence-electron chi connectivity index (χ3n) is 3.62. The molecular formula is C12H15NO3S. The molecule has 92 valence electrons. The number of rotatable bonds is 2. The molecule has 0 bridgehead atoms. The number of carbonyl (C=O) groups is 1. The lowest BCUT2D eigenvalue weighted by molar-refractivity contribution is -0.143. The van der Waals surface area contributed by atoms with Gasteiger partial charge in [-0.2, -0.15) is 0 Å². The van der Waals surface area contributed by atoms with Crippen LogP contribution in [-0.2, 0) is 22.7 Å². The molecule has 1 fully saturated rings. The molecule has 5 heteroatoms. The Morgan fingerprint density at radius 1 is 1.53 bits per heavy atom. The highest BCUT2D eigenvalue weighted by Crippen LogP contribution is 2.37. The molecule has 3 rings (SSSR count). The highest BCUT2D eigenvalue weighted by molar-refractivity contribution is 7.10. The van der Waals surface area contributed by atoms with E-state index in [1.165, 1.54) is 16.0 Å². The number of thiophene rings is 1. The van der Waals surface area contributed by atoms with Crippen molar-refractivity contribution < 1.29 is 14.6 Å². The summed E-state index contributed by atoms with van der Waals surface area (Å²) in [7, 11) is 0. The first-order valence-electron chi connectivity index (χ1n) is 5.89. The Morgan fingerprint density at radius 3 is 3.24 bits per heavy atom. The standard InChI is InChI=1S/C12H15NO3S/c14-12(15)7-1-2-13-10(3-7)9-6-17-11-5-16-4-8(9)11/h6-7,10,13H,1-5H2,(H,14,15). The van der Waals surface area contributed by atoms with E-state index in [1.54, 1.807) is 11.3 Å². The van der Waals surface area contributed by atoms with Gasteiger partial charge in [0.2, 0.25) is 0 Å². The largest absolute Gasteiger partial charge is 0.481 e. The molecule has 1 saturated heterocycles. The molecule has 3 heterocycles. The zero-order valence-electron chi connectivity index (χ0n) is 9.44. The molecule has 0 saturated carbocycles. The number of carboxylic acids is 1. The van der Waals surface area contributed by atoms with Crippen LogP contribution in [0.4, 0.5) is 0 Å². The molecule has 0 aliphatic carbocycles. The Balaban J connectivity index is 1.81. The summed E-state index contributed by atoms with van der Waals surface area (Å²) in [5.41, 5.74) is 2.55. The quantitative estimate of drug-likeness (QED) is 0.845. The van der Waals surface area contributed by atoms with E-state index in [1.807, 2.05) is 0 Å². The van der Waals surface area contributed by atoms with Crippen LogP contribution in [0.2, 0.25) is 0 Å². The number of hydrogen-bond donors (Lipinski definition) is 2. The summed E-state index contributed by atoms with van der Waals surface area (Å²) in [4.78, 5) is 12.4. The number of nitrogens with one attached hydrogen (secondary N) is 1. The van der Waals surface area contributed by atoms with Crippen molar-refractivity contribution >= 4 is 17.3 Å². The van der Waals surface area contributed by atoms with Crippen molar-refractivity contribution in [1.29, 1.82) is 0 Å². The first-order chi connectivity index (χ1) is 8.25. The second-order valence-corrected chi connectivity index (χ2v) is 5.62. The van der Waals surface area contributed by atoms with E-state index in [0.29, 0.717) is 13.0 Å². The molecule has 1 aromatic heterocycles. The van der Waals surface area contributed by atoms with Crippen LogP contribution in [0.25, 0.3) is 0 Å². The van der Waals surface area contributed by atoms with Gasteiger partial charge < -0.3 is 15.2 Å². The summed E-state index contributed by atoms with van der Waals surface area (Å²) in [6.45, 7) is 2.19. The maximum Gasteiger partial charge on any atom is 0.306 e. The summed E-state index contributed by atoms with van der Waals surface area (Å²) in [6.07, 6.45) is 1.42. The van der Waals surface area contributed by atoms with E-state index in [4.69, 9.17) is 9.84 Å². The monoisotopic (exact) mass is 253 g/mol. The zero-order valence-corrected chi connectivity index (χ0v) is 10.3. The minimum absolute atomic E-state index is 0.187. The third kappa shape index (κ3) is 1.99. The SMILES string of the molecule is O=C(O)C1CCNC(c2csc3c2COC3)C1. The molecule has 2 atom stereocenters. The third-order valence-corrected chi connectivity index (χ3v) is 4.64. The molecule has 0 spiro atoms. The lowest BCUT2D eigenvalue weighted by Gasteiger charge is -2.28. The second kappa shape index (κ2) is 4.40. The number of aliphatic carboxylic acids is 1. The van der Waals surface area contributed by atoms with Crippen LogP contribution in [-0.4, -0.2) is 17.6 Å². The van der Waals surface area contributed by atoms with Gasteiger partial charge in [0, 0.05) is 10.9 Å². The Bertz CT molecular complexity index is 443. The maximum absolute atomic E-state index is 11.1. The predicted octanol–water partition coefficient (Wildman–Crippen LogP) is 1.90. The van der Waals surface area contributed by atoms with Gasteiger partial charge in [-0.25, -0.2) is 0 Å². The summed E-state index contributed by atoms with van der Waals surface area (Å²) in [5.74, 6) is -0.876. The van der Waals surface area contributed by atoms with Gasteiger partial charge in [0.25, 0.3) is 0 Å². The van der Waals surface area contributed by atoms with Gasteiger partial charge in [0.1, 0.15) is 0 Å². The molecule has 17 heavy (non-hydrogen) atoms. The smallest absolute Gasteiger partial charge is 0.306 e. The average Bonchev–Trinajstić information content (AvgIpc) is 2.90. The number of carboxylic acid groups (broad SMARTS) is 1. The summed E-state index contributed by atoms with van der Waals surface area (Å²) >= 11 is 1.73. The Hall–Kier alpha value is -0.910. The number of piperidine rings is 1. The minimum Gasteiger partial charge on any atom is -0.481 e. The van der Waals surface area contributed by atoms with E-state index in [0.717, 1.165) is 19.6 Å². The van der Waals surface area contributed by atoms with E-state index in [9.17, 15) is 4.79 Å². The van der Waals surface area contributed by atoms with E-state index in [2.05, 4.69) is 10.7 Å². The van der Waals surface area contributed by atoms with E-state index >= 15 is 0 Å². The van der Waals surface area contributed by atoms with Crippen molar-refractivity contribution in [3.63, 3.8) is 0 Å². The number of ether oxygens (including phenoxy) is 1. The van der Waals surface area contributed by atoms with Crippen molar-refractivity contribution in [3.8, 4) is 0 Å². The van der Waals surface area contributed by atoms with Crippen LogP contribution in [0.1, 0.15) is 34.9 Å². The molecule has 2 unspecified atom stereocenters. The lowest BCUT2D eigenvalue weighted by atomic mass is 9.88. The van der Waals surface area contributed by atoms with Gasteiger partial charge in [0.15, 0.2) is 0 Å². The molecule has 4 nitrogen and oxygen atoms in total. The predicted molar refractivity (Wildman–Crippen MR) is 63.9 cm³/mol. The molecule has 2 aliphatic rings. The van der Waals surface area contributed by atoms with Gasteiger partial charge in [0.05, 0.1) is 19.1 Å². The van der Waals surface area contributed by atoms with Gasteiger partial charge in [-0.15, -0.1) is 11.3 Å². The molecule has 2 N–H and O–H groups in total. The molecular weight excluding hydrogens is 238 g/mol. The fraction of sp³-hybridized carbons (Fsp3) is 0.583. The van der Waals surface area contributed by atoms with Crippen LogP contribution in [0.3, 0.4) is 0 Å². The van der Waals surface area contributed by atoms with Gasteiger partial charge in [-0.3, -0.25) is 4.79 Å². The highest BCUT2D eigenvalue weighted by atomic mass is 32.1. The van der Waals surface area contributed by atoms with Crippen LogP contribution in [0, 0.1) is 5.92 Å². The lowest BCUT2D eigenvalue weighted by Crippen LogP contribution is -2.35. The fourth-order valence-corrected chi connectivity index (χ4v) is 3.69. The van der Waals surface area contributed by atoms with Crippen LogP contribution in [0.15, 0.2) is 5.38 Å². The van der Waals surface area contributed by atoms with Crippen LogP contribution in [0.5, 0.6) is 0 Å². The van der Waals surface area contributed by atoms with Gasteiger partial charge >= 0.3 is 5.97 Å². The van der Waals surface area contributed by atoms with E-state index in [-0.39, 0.29) is 12.0 Å². The molecule has 0 radical (unpaired) electrons. The van der Waals surface area contributed by atoms with Crippen LogP contribution < -0.4 is 5.32 Å². The second-order valence-electron chi connectivity index (χ2n) is 4.65. The first kappa shape index (κ1) is 11.2. The Morgan fingerprint density at radius 2 is 2.41 bits per heavy atom. The van der Waals surface area contributed by atoms with Crippen molar-refractivity contribution in [3.05, 3.63) is 21.4 Å². The van der Waals surface area contributed by atoms with Crippen LogP contribution >= 0.6 is 11.3 Å². The fourth-order valence-electron chi connectivity index (χ4n) is 2.64. The van der Waals surface area contributed by atoms with Crippen molar-refractivity contribution in [1.82, 2.24) is 5.32 Å². The first-order valence-corrected chi connectivity index (χ1v) is 6.76. The van der Waals surface area contributed by atoms with Crippen molar-refractivity contribution in [2.24, 2.45) is 5.92 Å². The summed E-state index contributed by atoms with van der Waals surface area (Å²) in [5, 5.41) is 14.7. The molecule has 0 amide bonds. The number of fused-ring (bicyclic) bond motifs is 1. The Kier molecular flexibility index (Phi) is 2.90. The van der Waals surface area contributed by atoms with E-state index < -0.39 is 5.97 Å². The average molecular weight is 253 g/mol. The van der Waals surface area contributed by atoms with Crippen molar-refractivity contribution in [2.45, 2.75) is 32.1 Å². The van der Waals surface area contributed by atoms with Crippen molar-refractivity contribution in [2.75, 3.05) is 6.54 Å². The minimum atomic E-state index is -0.667. The molecule has 0 aromatic carbocycles. The number of hydrogen-bond acceptors (Lipinski definition) is 4. The maximum atomic E-state index is 11.1. The Labute approximate surface area is 104 Å².